The second-order valence-corrected chi connectivity index (χ2v) is 4.96. The van der Waals surface area contributed by atoms with E-state index in [0.717, 1.165) is 16.9 Å². The van der Waals surface area contributed by atoms with Gasteiger partial charge in [-0.3, -0.25) is 4.79 Å². The topological polar surface area (TPSA) is 59.9 Å². The number of oxime groups is 1. The van der Waals surface area contributed by atoms with Gasteiger partial charge in [0, 0.05) is 12.6 Å². The van der Waals surface area contributed by atoms with E-state index in [1.807, 2.05) is 55.5 Å². The van der Waals surface area contributed by atoms with Crippen molar-refractivity contribution >= 4 is 11.6 Å². The van der Waals surface area contributed by atoms with Crippen molar-refractivity contribution < 1.29 is 14.4 Å². The lowest BCUT2D eigenvalue weighted by Gasteiger charge is -2.13. The maximum absolute atomic E-state index is 12.1. The number of nitrogens with zero attached hydrogens (tertiary/aromatic N) is 1. The largest absolute Gasteiger partial charge is 0.489 e. The van der Waals surface area contributed by atoms with Gasteiger partial charge in [0.1, 0.15) is 19.5 Å². The van der Waals surface area contributed by atoms with Crippen LogP contribution in [0.15, 0.2) is 53.7 Å². The van der Waals surface area contributed by atoms with Crippen molar-refractivity contribution in [3.63, 3.8) is 0 Å². The van der Waals surface area contributed by atoms with Crippen molar-refractivity contribution in [1.82, 2.24) is 5.32 Å². The fourth-order valence-electron chi connectivity index (χ4n) is 2.17. The Labute approximate surface area is 135 Å². The van der Waals surface area contributed by atoms with Crippen LogP contribution in [-0.4, -0.2) is 25.8 Å². The van der Waals surface area contributed by atoms with E-state index < -0.39 is 0 Å². The van der Waals surface area contributed by atoms with Gasteiger partial charge >= 0.3 is 0 Å². The van der Waals surface area contributed by atoms with Crippen LogP contribution in [-0.2, 0) is 16.2 Å². The van der Waals surface area contributed by atoms with Gasteiger partial charge in [-0.15, -0.1) is 0 Å². The van der Waals surface area contributed by atoms with Gasteiger partial charge in [-0.25, -0.2) is 0 Å². The second-order valence-electron chi connectivity index (χ2n) is 4.96. The molecule has 0 bridgehead atoms. The van der Waals surface area contributed by atoms with Crippen molar-refractivity contribution in [3.8, 4) is 5.75 Å². The molecule has 23 heavy (non-hydrogen) atoms. The van der Waals surface area contributed by atoms with Crippen molar-refractivity contribution in [2.45, 2.75) is 13.5 Å². The van der Waals surface area contributed by atoms with Crippen LogP contribution >= 0.6 is 0 Å². The molecule has 0 atom stereocenters. The number of ether oxygens (including phenoxy) is 1. The van der Waals surface area contributed by atoms with Gasteiger partial charge in [0.15, 0.2) is 5.71 Å². The summed E-state index contributed by atoms with van der Waals surface area (Å²) < 4.78 is 5.80. The number of benzene rings is 2. The monoisotopic (exact) mass is 312 g/mol. The number of amides is 1. The average molecular weight is 312 g/mol. The zero-order chi connectivity index (χ0) is 16.7. The molecule has 0 fully saturated rings. The quantitative estimate of drug-likeness (QED) is 0.659. The minimum atomic E-state index is -0.309. The highest BCUT2D eigenvalue weighted by atomic mass is 16.6. The summed E-state index contributed by atoms with van der Waals surface area (Å²) in [5.41, 5.74) is 2.86. The van der Waals surface area contributed by atoms with Crippen molar-refractivity contribution in [2.24, 2.45) is 5.16 Å². The summed E-state index contributed by atoms with van der Waals surface area (Å²) in [7, 11) is 2.97. The van der Waals surface area contributed by atoms with Crippen molar-refractivity contribution in [3.05, 3.63) is 65.2 Å². The van der Waals surface area contributed by atoms with E-state index >= 15 is 0 Å². The fraction of sp³-hybridized carbons (Fsp3) is 0.222. The highest BCUT2D eigenvalue weighted by molar-refractivity contribution is 6.45. The van der Waals surface area contributed by atoms with Gasteiger partial charge in [-0.2, -0.15) is 0 Å². The molecule has 0 radical (unpaired) electrons. The lowest BCUT2D eigenvalue weighted by atomic mass is 10.0. The molecule has 0 aliphatic heterocycles. The van der Waals surface area contributed by atoms with Gasteiger partial charge in [0.25, 0.3) is 5.91 Å². The summed E-state index contributed by atoms with van der Waals surface area (Å²) in [6, 6.07) is 15.3. The molecule has 0 heterocycles. The molecule has 0 aliphatic carbocycles. The summed E-state index contributed by atoms with van der Waals surface area (Å²) in [4.78, 5) is 16.9. The molecule has 2 rings (SSSR count). The zero-order valence-electron chi connectivity index (χ0n) is 13.5. The molecular weight excluding hydrogens is 292 g/mol. The van der Waals surface area contributed by atoms with Gasteiger partial charge in [0.2, 0.25) is 0 Å². The van der Waals surface area contributed by atoms with Crippen LogP contribution in [0.3, 0.4) is 0 Å². The Morgan fingerprint density at radius 3 is 2.57 bits per heavy atom. The SMILES string of the molecule is CNC(=O)/C(=N/OC)c1ccc(C)cc1COc1ccccc1. The van der Waals surface area contributed by atoms with Gasteiger partial charge < -0.3 is 14.9 Å². The molecule has 1 amide bonds. The minimum Gasteiger partial charge on any atom is -0.489 e. The third kappa shape index (κ3) is 4.32. The minimum absolute atomic E-state index is 0.224. The average Bonchev–Trinajstić information content (AvgIpc) is 2.58. The predicted molar refractivity (Wildman–Crippen MR) is 89.6 cm³/mol. The zero-order valence-corrected chi connectivity index (χ0v) is 13.5. The number of hydrogen-bond acceptors (Lipinski definition) is 4. The Morgan fingerprint density at radius 1 is 1.17 bits per heavy atom. The standard InChI is InChI=1S/C18H20N2O3/c1-13-9-10-16(17(20-22-3)18(21)19-2)14(11-13)12-23-15-7-5-4-6-8-15/h4-11H,12H2,1-3H3,(H,19,21)/b20-17+. The molecule has 0 aliphatic rings. The Balaban J connectivity index is 2.33. The van der Waals surface area contributed by atoms with E-state index in [4.69, 9.17) is 9.57 Å². The highest BCUT2D eigenvalue weighted by Gasteiger charge is 2.18. The highest BCUT2D eigenvalue weighted by Crippen LogP contribution is 2.17. The van der Waals surface area contributed by atoms with Crippen molar-refractivity contribution in [1.29, 1.82) is 0 Å². The molecule has 0 unspecified atom stereocenters. The van der Waals surface area contributed by atoms with Crippen LogP contribution in [0.4, 0.5) is 0 Å². The number of para-hydroxylation sites is 1. The first-order chi connectivity index (χ1) is 11.2. The number of nitrogens with one attached hydrogen (secondary N) is 1. The smallest absolute Gasteiger partial charge is 0.273 e. The van der Waals surface area contributed by atoms with Crippen LogP contribution in [0.25, 0.3) is 0 Å². The summed E-state index contributed by atoms with van der Waals surface area (Å²) in [6.45, 7) is 2.32. The number of carbonyl (C=O) groups is 1. The molecule has 0 saturated heterocycles. The maximum Gasteiger partial charge on any atom is 0.273 e. The first-order valence-electron chi connectivity index (χ1n) is 7.26. The number of carbonyl (C=O) groups excluding carboxylic acids is 1. The van der Waals surface area contributed by atoms with E-state index in [-0.39, 0.29) is 11.6 Å². The lowest BCUT2D eigenvalue weighted by Crippen LogP contribution is -2.29. The van der Waals surface area contributed by atoms with Gasteiger partial charge in [-0.1, -0.05) is 47.1 Å². The first kappa shape index (κ1) is 16.5. The maximum atomic E-state index is 12.1. The molecule has 120 valence electrons. The third-order valence-electron chi connectivity index (χ3n) is 3.28. The van der Waals surface area contributed by atoms with E-state index in [0.29, 0.717) is 12.2 Å². The van der Waals surface area contributed by atoms with E-state index in [1.165, 1.54) is 7.11 Å². The van der Waals surface area contributed by atoms with Crippen LogP contribution in [0.1, 0.15) is 16.7 Å². The van der Waals surface area contributed by atoms with Gasteiger partial charge in [-0.05, 0) is 24.6 Å². The Kier molecular flexibility index (Phi) is 5.74. The van der Waals surface area contributed by atoms with Gasteiger partial charge in [0.05, 0.1) is 0 Å². The molecule has 5 nitrogen and oxygen atoms in total. The van der Waals surface area contributed by atoms with Crippen LogP contribution < -0.4 is 10.1 Å². The summed E-state index contributed by atoms with van der Waals surface area (Å²) >= 11 is 0. The van der Waals surface area contributed by atoms with E-state index in [1.54, 1.807) is 7.05 Å². The number of aryl methyl sites for hydroxylation is 1. The van der Waals surface area contributed by atoms with E-state index in [2.05, 4.69) is 10.5 Å². The number of hydrogen-bond donors (Lipinski definition) is 1. The van der Waals surface area contributed by atoms with Crippen LogP contribution in [0, 0.1) is 6.92 Å². The molecule has 0 aromatic heterocycles. The Morgan fingerprint density at radius 2 is 1.91 bits per heavy atom. The lowest BCUT2D eigenvalue weighted by molar-refractivity contribution is -0.114. The molecule has 1 N–H and O–H groups in total. The summed E-state index contributed by atoms with van der Waals surface area (Å²) in [6.07, 6.45) is 0. The van der Waals surface area contributed by atoms with Crippen LogP contribution in [0.5, 0.6) is 5.75 Å². The molecule has 2 aromatic rings. The molecule has 2 aromatic carbocycles. The molecule has 0 saturated carbocycles. The third-order valence-corrected chi connectivity index (χ3v) is 3.28. The van der Waals surface area contributed by atoms with E-state index in [9.17, 15) is 4.79 Å². The summed E-state index contributed by atoms with van der Waals surface area (Å²) in [5.74, 6) is 0.460. The first-order valence-corrected chi connectivity index (χ1v) is 7.26. The normalized spacial score (nSPS) is 11.0. The summed E-state index contributed by atoms with van der Waals surface area (Å²) in [5, 5.41) is 6.43. The van der Waals surface area contributed by atoms with Crippen LogP contribution in [0.2, 0.25) is 0 Å². The fourth-order valence-corrected chi connectivity index (χ4v) is 2.17. The molecule has 0 spiro atoms. The number of rotatable bonds is 6. The molecular formula is C18H20N2O3. The molecule has 5 heteroatoms. The Hall–Kier alpha value is -2.82. The predicted octanol–water partition coefficient (Wildman–Crippen LogP) is 2.67. The van der Waals surface area contributed by atoms with Crippen molar-refractivity contribution in [2.75, 3.05) is 14.2 Å². The second kappa shape index (κ2) is 7.98. The number of likely N-dealkylation sites (N-methyl/N-ethyl adjacent to an activating group) is 1. The Bertz CT molecular complexity index is 697.